The second-order valence-electron chi connectivity index (χ2n) is 5.53. The third-order valence-corrected chi connectivity index (χ3v) is 5.63. The molecule has 1 N–H and O–H groups in total. The van der Waals surface area contributed by atoms with Gasteiger partial charge in [0.2, 0.25) is 0 Å². The largest absolute Gasteiger partial charge is 0.316 e. The third kappa shape index (κ3) is 2.30. The fourth-order valence-electron chi connectivity index (χ4n) is 3.52. The van der Waals surface area contributed by atoms with Gasteiger partial charge in [-0.1, -0.05) is 12.1 Å². The zero-order valence-corrected chi connectivity index (χ0v) is 11.4. The molecule has 3 heteroatoms. The number of rotatable bonds is 1. The molecule has 98 valence electrons. The molecule has 2 fully saturated rings. The van der Waals surface area contributed by atoms with Gasteiger partial charge in [0, 0.05) is 12.5 Å². The van der Waals surface area contributed by atoms with E-state index in [9.17, 15) is 4.39 Å². The Morgan fingerprint density at radius 1 is 1.11 bits per heavy atom. The van der Waals surface area contributed by atoms with Crippen molar-refractivity contribution in [3.63, 3.8) is 0 Å². The van der Waals surface area contributed by atoms with E-state index in [4.69, 9.17) is 0 Å². The first-order valence-electron chi connectivity index (χ1n) is 6.84. The van der Waals surface area contributed by atoms with E-state index in [1.807, 2.05) is 12.1 Å². The summed E-state index contributed by atoms with van der Waals surface area (Å²) in [5, 5.41) is 3.52. The first-order chi connectivity index (χ1) is 8.80. The first kappa shape index (κ1) is 12.5. The summed E-state index contributed by atoms with van der Waals surface area (Å²) in [5.41, 5.74) is 1.78. The van der Waals surface area contributed by atoms with Crippen molar-refractivity contribution in [2.75, 3.05) is 24.6 Å². The molecule has 0 amide bonds. The van der Waals surface area contributed by atoms with Gasteiger partial charge in [0.15, 0.2) is 0 Å². The molecule has 0 saturated carbocycles. The molecule has 0 bridgehead atoms. The summed E-state index contributed by atoms with van der Waals surface area (Å²) in [6, 6.07) is 7.18. The number of halogens is 1. The third-order valence-electron chi connectivity index (χ3n) is 4.65. The summed E-state index contributed by atoms with van der Waals surface area (Å²) in [7, 11) is 0. The monoisotopic (exact) mass is 265 g/mol. The molecule has 0 aliphatic carbocycles. The summed E-state index contributed by atoms with van der Waals surface area (Å²) in [5.74, 6) is 3.01. The van der Waals surface area contributed by atoms with Gasteiger partial charge in [-0.25, -0.2) is 4.39 Å². The molecule has 1 spiro atoms. The maximum atomic E-state index is 13.1. The highest BCUT2D eigenvalue weighted by atomic mass is 32.2. The SMILES string of the molecule is Fc1ccc(C2CNCCC23CCSCC3)cc1. The number of nitrogens with one attached hydrogen (secondary N) is 1. The van der Waals surface area contributed by atoms with Crippen LogP contribution >= 0.6 is 11.8 Å². The van der Waals surface area contributed by atoms with Crippen LogP contribution in [0.5, 0.6) is 0 Å². The maximum absolute atomic E-state index is 13.1. The predicted molar refractivity (Wildman–Crippen MR) is 75.6 cm³/mol. The van der Waals surface area contributed by atoms with Gasteiger partial charge >= 0.3 is 0 Å². The highest BCUT2D eigenvalue weighted by Gasteiger charge is 2.42. The molecule has 2 aliphatic rings. The summed E-state index contributed by atoms with van der Waals surface area (Å²) >= 11 is 2.08. The van der Waals surface area contributed by atoms with Crippen molar-refractivity contribution >= 4 is 11.8 Å². The summed E-state index contributed by atoms with van der Waals surface area (Å²) in [4.78, 5) is 0. The highest BCUT2D eigenvalue weighted by molar-refractivity contribution is 7.99. The lowest BCUT2D eigenvalue weighted by molar-refractivity contribution is 0.147. The van der Waals surface area contributed by atoms with E-state index in [1.165, 1.54) is 36.3 Å². The van der Waals surface area contributed by atoms with Gasteiger partial charge < -0.3 is 5.32 Å². The van der Waals surface area contributed by atoms with Gasteiger partial charge in [-0.2, -0.15) is 11.8 Å². The quantitative estimate of drug-likeness (QED) is 0.835. The van der Waals surface area contributed by atoms with Crippen LogP contribution in [0.3, 0.4) is 0 Å². The molecule has 1 aromatic rings. The average Bonchev–Trinajstić information content (AvgIpc) is 2.42. The fourth-order valence-corrected chi connectivity index (χ4v) is 4.82. The summed E-state index contributed by atoms with van der Waals surface area (Å²) in [6.45, 7) is 2.19. The molecular weight excluding hydrogens is 245 g/mol. The fraction of sp³-hybridized carbons (Fsp3) is 0.600. The van der Waals surface area contributed by atoms with E-state index in [2.05, 4.69) is 17.1 Å². The van der Waals surface area contributed by atoms with Crippen molar-refractivity contribution in [2.45, 2.75) is 25.2 Å². The van der Waals surface area contributed by atoms with Crippen LogP contribution in [0.2, 0.25) is 0 Å². The van der Waals surface area contributed by atoms with Crippen LogP contribution in [0.15, 0.2) is 24.3 Å². The molecule has 2 aliphatic heterocycles. The van der Waals surface area contributed by atoms with E-state index >= 15 is 0 Å². The van der Waals surface area contributed by atoms with Crippen molar-refractivity contribution in [3.8, 4) is 0 Å². The lowest BCUT2D eigenvalue weighted by Crippen LogP contribution is -2.45. The van der Waals surface area contributed by atoms with Crippen LogP contribution in [0.25, 0.3) is 0 Å². The Morgan fingerprint density at radius 2 is 1.83 bits per heavy atom. The molecule has 18 heavy (non-hydrogen) atoms. The standard InChI is InChI=1S/C15H20FNS/c16-13-3-1-12(2-4-13)14-11-17-8-5-15(14)6-9-18-10-7-15/h1-4,14,17H,5-11H2. The van der Waals surface area contributed by atoms with E-state index in [0.29, 0.717) is 11.3 Å². The van der Waals surface area contributed by atoms with Crippen LogP contribution < -0.4 is 5.32 Å². The molecular formula is C15H20FNS. The van der Waals surface area contributed by atoms with Crippen LogP contribution in [0.1, 0.15) is 30.7 Å². The number of benzene rings is 1. The highest BCUT2D eigenvalue weighted by Crippen LogP contribution is 2.49. The van der Waals surface area contributed by atoms with Gasteiger partial charge in [-0.15, -0.1) is 0 Å². The molecule has 1 aromatic carbocycles. The van der Waals surface area contributed by atoms with Gasteiger partial charge in [0.25, 0.3) is 0 Å². The topological polar surface area (TPSA) is 12.0 Å². The minimum Gasteiger partial charge on any atom is -0.316 e. The minimum absolute atomic E-state index is 0.129. The molecule has 2 heterocycles. The van der Waals surface area contributed by atoms with Crippen molar-refractivity contribution in [2.24, 2.45) is 5.41 Å². The Bertz CT molecular complexity index is 389. The lowest BCUT2D eigenvalue weighted by atomic mass is 9.64. The van der Waals surface area contributed by atoms with Gasteiger partial charge in [-0.3, -0.25) is 0 Å². The van der Waals surface area contributed by atoms with Crippen LogP contribution in [-0.4, -0.2) is 24.6 Å². The van der Waals surface area contributed by atoms with Crippen molar-refractivity contribution in [1.29, 1.82) is 0 Å². The molecule has 2 saturated heterocycles. The second-order valence-corrected chi connectivity index (χ2v) is 6.76. The Labute approximate surface area is 113 Å². The van der Waals surface area contributed by atoms with E-state index in [1.54, 1.807) is 12.1 Å². The van der Waals surface area contributed by atoms with Crippen molar-refractivity contribution in [3.05, 3.63) is 35.6 Å². The van der Waals surface area contributed by atoms with Gasteiger partial charge in [-0.05, 0) is 60.4 Å². The second kappa shape index (κ2) is 5.22. The zero-order valence-electron chi connectivity index (χ0n) is 10.6. The lowest BCUT2D eigenvalue weighted by Gasteiger charge is -2.47. The number of piperidine rings is 1. The van der Waals surface area contributed by atoms with Crippen LogP contribution in [0.4, 0.5) is 4.39 Å². The van der Waals surface area contributed by atoms with E-state index in [0.717, 1.165) is 13.1 Å². The molecule has 0 aromatic heterocycles. The molecule has 3 rings (SSSR count). The molecule has 0 radical (unpaired) electrons. The normalized spacial score (nSPS) is 27.3. The van der Waals surface area contributed by atoms with Gasteiger partial charge in [0.05, 0.1) is 0 Å². The summed E-state index contributed by atoms with van der Waals surface area (Å²) < 4.78 is 13.1. The maximum Gasteiger partial charge on any atom is 0.123 e. The molecule has 1 nitrogen and oxygen atoms in total. The van der Waals surface area contributed by atoms with Crippen LogP contribution in [0, 0.1) is 11.2 Å². The van der Waals surface area contributed by atoms with Crippen LogP contribution in [-0.2, 0) is 0 Å². The average molecular weight is 265 g/mol. The zero-order chi connectivity index (χ0) is 12.4. The number of hydrogen-bond donors (Lipinski definition) is 1. The minimum atomic E-state index is -0.129. The van der Waals surface area contributed by atoms with E-state index < -0.39 is 0 Å². The predicted octanol–water partition coefficient (Wildman–Crippen LogP) is 3.42. The van der Waals surface area contributed by atoms with E-state index in [-0.39, 0.29) is 5.82 Å². The van der Waals surface area contributed by atoms with Crippen molar-refractivity contribution in [1.82, 2.24) is 5.32 Å². The smallest absolute Gasteiger partial charge is 0.123 e. The number of thioether (sulfide) groups is 1. The van der Waals surface area contributed by atoms with Crippen molar-refractivity contribution < 1.29 is 4.39 Å². The Kier molecular flexibility index (Phi) is 3.62. The Hall–Kier alpha value is -0.540. The Morgan fingerprint density at radius 3 is 2.56 bits per heavy atom. The molecule has 1 atom stereocenters. The number of hydrogen-bond acceptors (Lipinski definition) is 2. The van der Waals surface area contributed by atoms with Gasteiger partial charge in [0.1, 0.15) is 5.82 Å². The summed E-state index contributed by atoms with van der Waals surface area (Å²) in [6.07, 6.45) is 3.92. The Balaban J connectivity index is 1.89. The molecule has 1 unspecified atom stereocenters. The first-order valence-corrected chi connectivity index (χ1v) is 8.00.